The molecule has 1 aromatic carbocycles. The normalized spacial score (nSPS) is 10.3. The second-order valence-electron chi connectivity index (χ2n) is 3.81. The van der Waals surface area contributed by atoms with E-state index in [1.165, 1.54) is 0 Å². The van der Waals surface area contributed by atoms with Gasteiger partial charge < -0.3 is 10.1 Å². The molecule has 0 saturated heterocycles. The number of aromatic nitrogens is 2. The molecule has 0 aliphatic carbocycles. The molecule has 0 atom stereocenters. The van der Waals surface area contributed by atoms with E-state index in [9.17, 15) is 4.79 Å². The van der Waals surface area contributed by atoms with Crippen molar-refractivity contribution in [3.63, 3.8) is 0 Å². The number of carbonyl (C=O) groups excluding carboxylic acids is 1. The molecule has 1 aromatic heterocycles. The number of ether oxygens (including phenoxy) is 1. The van der Waals surface area contributed by atoms with Crippen LogP contribution >= 0.6 is 0 Å². The fourth-order valence-corrected chi connectivity index (χ4v) is 1.59. The molecular formula is C13H15N3O2. The van der Waals surface area contributed by atoms with Gasteiger partial charge in [0.25, 0.3) is 5.91 Å². The van der Waals surface area contributed by atoms with Gasteiger partial charge in [-0.05, 0) is 17.7 Å². The summed E-state index contributed by atoms with van der Waals surface area (Å²) in [5, 5.41) is 9.42. The van der Waals surface area contributed by atoms with Crippen LogP contribution in [0.5, 0.6) is 0 Å². The number of nitrogens with zero attached hydrogens (tertiary/aromatic N) is 1. The van der Waals surface area contributed by atoms with E-state index < -0.39 is 0 Å². The van der Waals surface area contributed by atoms with Gasteiger partial charge in [-0.3, -0.25) is 9.89 Å². The van der Waals surface area contributed by atoms with Crippen LogP contribution in [0.25, 0.3) is 11.1 Å². The van der Waals surface area contributed by atoms with Crippen molar-refractivity contribution in [2.75, 3.05) is 20.3 Å². The number of methoxy groups -OCH3 is 1. The first kappa shape index (κ1) is 12.3. The van der Waals surface area contributed by atoms with Gasteiger partial charge in [0, 0.05) is 31.0 Å². The molecule has 0 aliphatic heterocycles. The Balaban J connectivity index is 2.01. The molecule has 94 valence electrons. The van der Waals surface area contributed by atoms with Crippen LogP contribution in [0, 0.1) is 0 Å². The number of H-pyrrole nitrogens is 1. The van der Waals surface area contributed by atoms with E-state index in [-0.39, 0.29) is 5.91 Å². The van der Waals surface area contributed by atoms with Gasteiger partial charge in [-0.1, -0.05) is 12.1 Å². The monoisotopic (exact) mass is 245 g/mol. The third-order valence-electron chi connectivity index (χ3n) is 2.57. The fraction of sp³-hybridized carbons (Fsp3) is 0.231. The molecule has 1 amide bonds. The third kappa shape index (κ3) is 2.95. The largest absolute Gasteiger partial charge is 0.383 e. The number of amides is 1. The van der Waals surface area contributed by atoms with Gasteiger partial charge in [0.2, 0.25) is 0 Å². The summed E-state index contributed by atoms with van der Waals surface area (Å²) in [6.45, 7) is 1.03. The van der Waals surface area contributed by atoms with Crippen molar-refractivity contribution < 1.29 is 9.53 Å². The number of aromatic amines is 1. The van der Waals surface area contributed by atoms with Crippen LogP contribution in [0.15, 0.2) is 36.7 Å². The molecule has 0 bridgehead atoms. The quantitative estimate of drug-likeness (QED) is 0.783. The number of carbonyl (C=O) groups is 1. The molecule has 2 rings (SSSR count). The Labute approximate surface area is 105 Å². The van der Waals surface area contributed by atoms with Crippen molar-refractivity contribution >= 4 is 5.91 Å². The molecule has 0 aliphatic rings. The van der Waals surface area contributed by atoms with Crippen LogP contribution in [0.4, 0.5) is 0 Å². The third-order valence-corrected chi connectivity index (χ3v) is 2.57. The summed E-state index contributed by atoms with van der Waals surface area (Å²) in [7, 11) is 1.60. The lowest BCUT2D eigenvalue weighted by Gasteiger charge is -2.05. The Hall–Kier alpha value is -2.14. The second kappa shape index (κ2) is 5.97. The van der Waals surface area contributed by atoms with Crippen molar-refractivity contribution in [1.82, 2.24) is 15.5 Å². The minimum Gasteiger partial charge on any atom is -0.383 e. The van der Waals surface area contributed by atoms with Gasteiger partial charge in [0.1, 0.15) is 0 Å². The maximum atomic E-state index is 11.7. The summed E-state index contributed by atoms with van der Waals surface area (Å²) in [6.07, 6.45) is 3.56. The van der Waals surface area contributed by atoms with Crippen molar-refractivity contribution in [2.24, 2.45) is 0 Å². The van der Waals surface area contributed by atoms with Gasteiger partial charge in [-0.2, -0.15) is 5.10 Å². The zero-order valence-electron chi connectivity index (χ0n) is 10.1. The Morgan fingerprint density at radius 3 is 2.72 bits per heavy atom. The molecule has 1 heterocycles. The van der Waals surface area contributed by atoms with Crippen LogP contribution in [0.3, 0.4) is 0 Å². The van der Waals surface area contributed by atoms with E-state index >= 15 is 0 Å². The van der Waals surface area contributed by atoms with Crippen LogP contribution in [0.1, 0.15) is 10.4 Å². The average Bonchev–Trinajstić information content (AvgIpc) is 2.93. The number of rotatable bonds is 5. The highest BCUT2D eigenvalue weighted by atomic mass is 16.5. The topological polar surface area (TPSA) is 67.0 Å². The number of hydrogen-bond donors (Lipinski definition) is 2. The van der Waals surface area contributed by atoms with Crippen LogP contribution in [0.2, 0.25) is 0 Å². The molecule has 0 fully saturated rings. The zero-order valence-corrected chi connectivity index (χ0v) is 10.1. The van der Waals surface area contributed by atoms with E-state index in [4.69, 9.17) is 4.74 Å². The maximum Gasteiger partial charge on any atom is 0.251 e. The Morgan fingerprint density at radius 2 is 2.11 bits per heavy atom. The van der Waals surface area contributed by atoms with Gasteiger partial charge in [-0.15, -0.1) is 0 Å². The molecule has 2 N–H and O–H groups in total. The second-order valence-corrected chi connectivity index (χ2v) is 3.81. The van der Waals surface area contributed by atoms with E-state index in [1.54, 1.807) is 25.4 Å². The molecule has 2 aromatic rings. The van der Waals surface area contributed by atoms with Crippen LogP contribution < -0.4 is 5.32 Å². The first-order valence-corrected chi connectivity index (χ1v) is 5.67. The zero-order chi connectivity index (χ0) is 12.8. The first-order chi connectivity index (χ1) is 8.81. The molecule has 0 saturated carbocycles. The molecule has 0 radical (unpaired) electrons. The summed E-state index contributed by atoms with van der Waals surface area (Å²) in [5.41, 5.74) is 2.66. The van der Waals surface area contributed by atoms with Gasteiger partial charge >= 0.3 is 0 Å². The summed E-state index contributed by atoms with van der Waals surface area (Å²) in [6, 6.07) is 7.39. The lowest BCUT2D eigenvalue weighted by atomic mass is 10.1. The summed E-state index contributed by atoms with van der Waals surface area (Å²) >= 11 is 0. The Bertz CT molecular complexity index is 491. The number of benzene rings is 1. The van der Waals surface area contributed by atoms with Crippen molar-refractivity contribution in [2.45, 2.75) is 0 Å². The van der Waals surface area contributed by atoms with E-state index in [2.05, 4.69) is 15.5 Å². The van der Waals surface area contributed by atoms with Gasteiger partial charge in [0.05, 0.1) is 12.8 Å². The summed E-state index contributed by atoms with van der Waals surface area (Å²) < 4.78 is 4.87. The van der Waals surface area contributed by atoms with Gasteiger partial charge in [-0.25, -0.2) is 0 Å². The molecule has 5 heteroatoms. The van der Waals surface area contributed by atoms with E-state index in [0.29, 0.717) is 18.7 Å². The van der Waals surface area contributed by atoms with Crippen molar-refractivity contribution in [1.29, 1.82) is 0 Å². The standard InChI is InChI=1S/C13H15N3O2/c1-18-7-6-14-13(17)11-4-2-10(3-5-11)12-8-15-16-9-12/h2-5,8-9H,6-7H2,1H3,(H,14,17)(H,15,16). The van der Waals surface area contributed by atoms with Crippen molar-refractivity contribution in [3.8, 4) is 11.1 Å². The SMILES string of the molecule is COCCNC(=O)c1ccc(-c2cn[nH]c2)cc1. The minimum absolute atomic E-state index is 0.0919. The predicted octanol–water partition coefficient (Wildman–Crippen LogP) is 1.45. The van der Waals surface area contributed by atoms with Crippen LogP contribution in [-0.4, -0.2) is 36.4 Å². The Morgan fingerprint density at radius 1 is 1.33 bits per heavy atom. The number of hydrogen-bond acceptors (Lipinski definition) is 3. The molecule has 18 heavy (non-hydrogen) atoms. The molecule has 0 spiro atoms. The highest BCUT2D eigenvalue weighted by Gasteiger charge is 2.05. The van der Waals surface area contributed by atoms with Crippen molar-refractivity contribution in [3.05, 3.63) is 42.2 Å². The van der Waals surface area contributed by atoms with Gasteiger partial charge in [0.15, 0.2) is 0 Å². The summed E-state index contributed by atoms with van der Waals surface area (Å²) in [5.74, 6) is -0.0919. The predicted molar refractivity (Wildman–Crippen MR) is 68.2 cm³/mol. The average molecular weight is 245 g/mol. The fourth-order valence-electron chi connectivity index (χ4n) is 1.59. The maximum absolute atomic E-state index is 11.7. The minimum atomic E-state index is -0.0919. The summed E-state index contributed by atoms with van der Waals surface area (Å²) in [4.78, 5) is 11.7. The highest BCUT2D eigenvalue weighted by Crippen LogP contribution is 2.17. The molecule has 0 unspecified atom stereocenters. The Kier molecular flexibility index (Phi) is 4.09. The van der Waals surface area contributed by atoms with E-state index in [1.807, 2.05) is 18.3 Å². The highest BCUT2D eigenvalue weighted by molar-refractivity contribution is 5.94. The van der Waals surface area contributed by atoms with Crippen LogP contribution in [-0.2, 0) is 4.74 Å². The lowest BCUT2D eigenvalue weighted by Crippen LogP contribution is -2.26. The smallest absolute Gasteiger partial charge is 0.251 e. The first-order valence-electron chi connectivity index (χ1n) is 5.67. The molecule has 5 nitrogen and oxygen atoms in total. The van der Waals surface area contributed by atoms with E-state index in [0.717, 1.165) is 11.1 Å². The lowest BCUT2D eigenvalue weighted by molar-refractivity contribution is 0.0937. The number of nitrogens with one attached hydrogen (secondary N) is 2. The molecular weight excluding hydrogens is 230 g/mol.